The predicted octanol–water partition coefficient (Wildman–Crippen LogP) is 1.33. The Morgan fingerprint density at radius 2 is 1.90 bits per heavy atom. The van der Waals surface area contributed by atoms with Crippen molar-refractivity contribution in [3.63, 3.8) is 0 Å². The van der Waals surface area contributed by atoms with E-state index in [9.17, 15) is 14.0 Å². The normalized spacial score (nSPS) is 15.6. The molecule has 0 atom stereocenters. The quantitative estimate of drug-likeness (QED) is 0.911. The van der Waals surface area contributed by atoms with Gasteiger partial charge in [0.25, 0.3) is 5.91 Å². The van der Waals surface area contributed by atoms with Gasteiger partial charge < -0.3 is 15.0 Å². The number of likely N-dealkylation sites (tertiary alicyclic amines) is 1. The Balaban J connectivity index is 1.70. The minimum Gasteiger partial charge on any atom is -0.484 e. The number of piperidine rings is 1. The Kier molecular flexibility index (Phi) is 5.14. The van der Waals surface area contributed by atoms with Gasteiger partial charge in [-0.1, -0.05) is 0 Å². The largest absolute Gasteiger partial charge is 0.484 e. The van der Waals surface area contributed by atoms with Crippen molar-refractivity contribution >= 4 is 11.8 Å². The van der Waals surface area contributed by atoms with Crippen LogP contribution >= 0.6 is 0 Å². The van der Waals surface area contributed by atoms with Crippen molar-refractivity contribution in [1.82, 2.24) is 10.2 Å². The summed E-state index contributed by atoms with van der Waals surface area (Å²) >= 11 is 0. The number of halogens is 1. The van der Waals surface area contributed by atoms with Crippen LogP contribution in [-0.2, 0) is 9.59 Å². The van der Waals surface area contributed by atoms with E-state index in [2.05, 4.69) is 5.32 Å². The molecule has 1 N–H and O–H groups in total. The highest BCUT2D eigenvalue weighted by atomic mass is 19.1. The molecular weight excluding hydrogens is 275 g/mol. The van der Waals surface area contributed by atoms with Crippen molar-refractivity contribution in [2.24, 2.45) is 0 Å². The molecule has 1 aromatic carbocycles. The van der Waals surface area contributed by atoms with Crippen molar-refractivity contribution < 1.29 is 18.7 Å². The topological polar surface area (TPSA) is 58.6 Å². The van der Waals surface area contributed by atoms with Crippen LogP contribution in [0.25, 0.3) is 0 Å². The summed E-state index contributed by atoms with van der Waals surface area (Å²) < 4.78 is 18.0. The molecule has 0 radical (unpaired) electrons. The van der Waals surface area contributed by atoms with Crippen molar-refractivity contribution in [3.05, 3.63) is 30.1 Å². The average molecular weight is 294 g/mol. The molecule has 21 heavy (non-hydrogen) atoms. The first-order valence-corrected chi connectivity index (χ1v) is 6.98. The summed E-state index contributed by atoms with van der Waals surface area (Å²) in [6, 6.07) is 5.60. The van der Waals surface area contributed by atoms with Gasteiger partial charge in [0.05, 0.1) is 0 Å². The molecule has 2 amide bonds. The minimum atomic E-state index is -0.343. The molecular formula is C15H19FN2O3. The molecule has 1 aliphatic heterocycles. The first kappa shape index (κ1) is 15.3. The Morgan fingerprint density at radius 3 is 2.48 bits per heavy atom. The summed E-state index contributed by atoms with van der Waals surface area (Å²) in [5.41, 5.74) is 0. The van der Waals surface area contributed by atoms with Crippen LogP contribution in [-0.4, -0.2) is 42.5 Å². The maximum Gasteiger partial charge on any atom is 0.258 e. The number of nitrogens with one attached hydrogen (secondary N) is 1. The number of rotatable bonds is 4. The molecule has 0 saturated carbocycles. The number of hydrogen-bond donors (Lipinski definition) is 1. The lowest BCUT2D eigenvalue weighted by molar-refractivity contribution is -0.130. The summed E-state index contributed by atoms with van der Waals surface area (Å²) in [5, 5.41) is 2.88. The average Bonchev–Trinajstić information content (AvgIpc) is 2.47. The summed E-state index contributed by atoms with van der Waals surface area (Å²) in [5.74, 6) is -0.0259. The van der Waals surface area contributed by atoms with Gasteiger partial charge in [-0.3, -0.25) is 9.59 Å². The van der Waals surface area contributed by atoms with Gasteiger partial charge in [-0.2, -0.15) is 0 Å². The molecule has 0 aromatic heterocycles. The van der Waals surface area contributed by atoms with E-state index in [0.29, 0.717) is 18.8 Å². The molecule has 1 saturated heterocycles. The van der Waals surface area contributed by atoms with E-state index < -0.39 is 0 Å². The summed E-state index contributed by atoms with van der Waals surface area (Å²) in [6.07, 6.45) is 1.50. The number of carbonyl (C=O) groups is 2. The lowest BCUT2D eigenvalue weighted by Crippen LogP contribution is -2.47. The van der Waals surface area contributed by atoms with Gasteiger partial charge in [0.1, 0.15) is 11.6 Å². The smallest absolute Gasteiger partial charge is 0.258 e. The fourth-order valence-electron chi connectivity index (χ4n) is 2.29. The van der Waals surface area contributed by atoms with E-state index in [1.807, 2.05) is 0 Å². The molecule has 5 nitrogen and oxygen atoms in total. The van der Waals surface area contributed by atoms with Gasteiger partial charge >= 0.3 is 0 Å². The van der Waals surface area contributed by atoms with Gasteiger partial charge in [-0.05, 0) is 37.1 Å². The van der Waals surface area contributed by atoms with E-state index in [1.54, 1.807) is 11.8 Å². The highest BCUT2D eigenvalue weighted by Crippen LogP contribution is 2.12. The maximum absolute atomic E-state index is 12.7. The summed E-state index contributed by atoms with van der Waals surface area (Å²) in [6.45, 7) is 2.78. The Morgan fingerprint density at radius 1 is 1.29 bits per heavy atom. The van der Waals surface area contributed by atoms with Crippen LogP contribution in [0.2, 0.25) is 0 Å². The zero-order chi connectivity index (χ0) is 15.2. The maximum atomic E-state index is 12.7. The number of amides is 2. The molecule has 0 unspecified atom stereocenters. The second-order valence-electron chi connectivity index (χ2n) is 5.09. The van der Waals surface area contributed by atoms with Crippen LogP contribution in [0.3, 0.4) is 0 Å². The summed E-state index contributed by atoms with van der Waals surface area (Å²) in [7, 11) is 0. The Hall–Kier alpha value is -2.11. The fraction of sp³-hybridized carbons (Fsp3) is 0.467. The Bertz CT molecular complexity index is 496. The highest BCUT2D eigenvalue weighted by Gasteiger charge is 2.21. The molecule has 2 rings (SSSR count). The third kappa shape index (κ3) is 4.73. The SMILES string of the molecule is CC(=O)N1CCC(NC(=O)COc2ccc(F)cc2)CC1. The second kappa shape index (κ2) is 7.06. The first-order chi connectivity index (χ1) is 10.0. The van der Waals surface area contributed by atoms with Gasteiger partial charge in [-0.15, -0.1) is 0 Å². The number of ether oxygens (including phenoxy) is 1. The molecule has 114 valence electrons. The molecule has 1 aromatic rings. The van der Waals surface area contributed by atoms with Crippen molar-refractivity contribution in [2.45, 2.75) is 25.8 Å². The molecule has 0 bridgehead atoms. The third-order valence-corrected chi connectivity index (χ3v) is 3.49. The second-order valence-corrected chi connectivity index (χ2v) is 5.09. The van der Waals surface area contributed by atoms with Crippen LogP contribution in [0.5, 0.6) is 5.75 Å². The number of carbonyl (C=O) groups excluding carboxylic acids is 2. The lowest BCUT2D eigenvalue weighted by atomic mass is 10.1. The number of nitrogens with zero attached hydrogens (tertiary/aromatic N) is 1. The van der Waals surface area contributed by atoms with Crippen molar-refractivity contribution in [1.29, 1.82) is 0 Å². The standard InChI is InChI=1S/C15H19FN2O3/c1-11(19)18-8-6-13(7-9-18)17-15(20)10-21-14-4-2-12(16)3-5-14/h2-5,13H,6-10H2,1H3,(H,17,20). The van der Waals surface area contributed by atoms with Crippen LogP contribution in [0.4, 0.5) is 4.39 Å². The number of hydrogen-bond acceptors (Lipinski definition) is 3. The summed E-state index contributed by atoms with van der Waals surface area (Å²) in [4.78, 5) is 24.8. The highest BCUT2D eigenvalue weighted by molar-refractivity contribution is 5.78. The van der Waals surface area contributed by atoms with E-state index in [0.717, 1.165) is 12.8 Å². The van der Waals surface area contributed by atoms with E-state index in [-0.39, 0.29) is 30.3 Å². The number of benzene rings is 1. The van der Waals surface area contributed by atoms with Crippen LogP contribution in [0.15, 0.2) is 24.3 Å². The third-order valence-electron chi connectivity index (χ3n) is 3.49. The lowest BCUT2D eigenvalue weighted by Gasteiger charge is -2.31. The molecule has 1 aliphatic rings. The van der Waals surface area contributed by atoms with Gasteiger partial charge in [0.15, 0.2) is 6.61 Å². The minimum absolute atomic E-state index is 0.0689. The van der Waals surface area contributed by atoms with Gasteiger partial charge in [-0.25, -0.2) is 4.39 Å². The molecule has 1 fully saturated rings. The van der Waals surface area contributed by atoms with Crippen LogP contribution < -0.4 is 10.1 Å². The monoisotopic (exact) mass is 294 g/mol. The Labute approximate surface area is 123 Å². The molecule has 6 heteroatoms. The van der Waals surface area contributed by atoms with Crippen LogP contribution in [0, 0.1) is 5.82 Å². The predicted molar refractivity (Wildman–Crippen MR) is 75.3 cm³/mol. The van der Waals surface area contributed by atoms with Crippen LogP contribution in [0.1, 0.15) is 19.8 Å². The zero-order valence-electron chi connectivity index (χ0n) is 12.0. The van der Waals surface area contributed by atoms with E-state index in [1.165, 1.54) is 24.3 Å². The molecule has 0 spiro atoms. The first-order valence-electron chi connectivity index (χ1n) is 6.98. The fourth-order valence-corrected chi connectivity index (χ4v) is 2.29. The van der Waals surface area contributed by atoms with Gasteiger partial charge in [0, 0.05) is 26.1 Å². The zero-order valence-corrected chi connectivity index (χ0v) is 12.0. The van der Waals surface area contributed by atoms with E-state index >= 15 is 0 Å². The van der Waals surface area contributed by atoms with E-state index in [4.69, 9.17) is 4.74 Å². The van der Waals surface area contributed by atoms with Crippen molar-refractivity contribution in [3.8, 4) is 5.75 Å². The van der Waals surface area contributed by atoms with Gasteiger partial charge in [0.2, 0.25) is 5.91 Å². The van der Waals surface area contributed by atoms with Crippen molar-refractivity contribution in [2.75, 3.05) is 19.7 Å². The molecule has 1 heterocycles. The molecule has 0 aliphatic carbocycles.